The number of anilines is 1. The number of nitro groups is 1. The van der Waals surface area contributed by atoms with Gasteiger partial charge in [-0.3, -0.25) is 10.1 Å². The van der Waals surface area contributed by atoms with Crippen molar-refractivity contribution in [3.63, 3.8) is 0 Å². The number of nitrogens with zero attached hydrogens (tertiary/aromatic N) is 5. The molecule has 0 amide bonds. The number of benzene rings is 1. The Morgan fingerprint density at radius 3 is 3.00 bits per heavy atom. The molecule has 19 heavy (non-hydrogen) atoms. The van der Waals surface area contributed by atoms with Crippen LogP contribution in [0.25, 0.3) is 0 Å². The van der Waals surface area contributed by atoms with E-state index in [0.717, 1.165) is 4.68 Å². The lowest BCUT2D eigenvalue weighted by atomic mass is 10.2. The van der Waals surface area contributed by atoms with Gasteiger partial charge in [-0.1, -0.05) is 0 Å². The second-order valence-electron chi connectivity index (χ2n) is 3.43. The molecule has 10 heteroatoms. The largest absolute Gasteiger partial charge is 0.507 e. The standard InChI is InChI=1S/C9H9N7O3/c10-15-5-12-14-9(15)13-11-4-6-3-7(16(18)19)1-2-8(6)17/h1-5,17H,10H2,(H,13,14). The summed E-state index contributed by atoms with van der Waals surface area (Å²) >= 11 is 0. The Morgan fingerprint density at radius 1 is 1.58 bits per heavy atom. The number of non-ortho nitro benzene ring substituents is 1. The molecule has 1 aromatic carbocycles. The van der Waals surface area contributed by atoms with Crippen LogP contribution in [-0.4, -0.2) is 31.1 Å². The monoisotopic (exact) mass is 263 g/mol. The number of aromatic nitrogens is 3. The number of nitro benzene ring substituents is 1. The summed E-state index contributed by atoms with van der Waals surface area (Å²) in [6.45, 7) is 0. The van der Waals surface area contributed by atoms with E-state index in [1.54, 1.807) is 0 Å². The summed E-state index contributed by atoms with van der Waals surface area (Å²) in [5, 5.41) is 31.0. The van der Waals surface area contributed by atoms with Crippen molar-refractivity contribution in [3.05, 3.63) is 40.2 Å². The van der Waals surface area contributed by atoms with E-state index in [4.69, 9.17) is 5.84 Å². The van der Waals surface area contributed by atoms with E-state index in [0.29, 0.717) is 0 Å². The molecule has 1 aromatic heterocycles. The van der Waals surface area contributed by atoms with Gasteiger partial charge in [0.05, 0.1) is 11.1 Å². The Balaban J connectivity index is 2.16. The number of hydrogen-bond acceptors (Lipinski definition) is 8. The van der Waals surface area contributed by atoms with Gasteiger partial charge in [0, 0.05) is 17.7 Å². The molecule has 0 aliphatic heterocycles. The molecule has 0 saturated heterocycles. The van der Waals surface area contributed by atoms with Crippen molar-refractivity contribution >= 4 is 17.9 Å². The highest BCUT2D eigenvalue weighted by molar-refractivity contribution is 5.84. The second kappa shape index (κ2) is 5.00. The Morgan fingerprint density at radius 2 is 2.37 bits per heavy atom. The van der Waals surface area contributed by atoms with Crippen LogP contribution in [0.4, 0.5) is 11.6 Å². The van der Waals surface area contributed by atoms with Gasteiger partial charge < -0.3 is 10.9 Å². The van der Waals surface area contributed by atoms with E-state index < -0.39 is 4.92 Å². The van der Waals surface area contributed by atoms with Gasteiger partial charge in [-0.2, -0.15) is 5.10 Å². The summed E-state index contributed by atoms with van der Waals surface area (Å²) in [6, 6.07) is 3.59. The first-order valence-corrected chi connectivity index (χ1v) is 4.99. The predicted molar refractivity (Wildman–Crippen MR) is 66.2 cm³/mol. The van der Waals surface area contributed by atoms with Gasteiger partial charge in [-0.05, 0) is 6.07 Å². The van der Waals surface area contributed by atoms with Crippen molar-refractivity contribution in [2.75, 3.05) is 11.3 Å². The third kappa shape index (κ3) is 2.74. The molecule has 98 valence electrons. The maximum atomic E-state index is 10.6. The summed E-state index contributed by atoms with van der Waals surface area (Å²) in [6.07, 6.45) is 2.47. The maximum Gasteiger partial charge on any atom is 0.270 e. The van der Waals surface area contributed by atoms with Crippen molar-refractivity contribution in [2.24, 2.45) is 5.10 Å². The minimum Gasteiger partial charge on any atom is -0.507 e. The minimum atomic E-state index is -0.569. The lowest BCUT2D eigenvalue weighted by Crippen LogP contribution is -2.10. The minimum absolute atomic E-state index is 0.134. The Labute approximate surface area is 106 Å². The van der Waals surface area contributed by atoms with Crippen LogP contribution >= 0.6 is 0 Å². The predicted octanol–water partition coefficient (Wildman–Crippen LogP) is 0.0517. The molecule has 2 aromatic rings. The fourth-order valence-corrected chi connectivity index (χ4v) is 1.24. The molecule has 0 saturated carbocycles. The number of hydrogen-bond donors (Lipinski definition) is 3. The summed E-state index contributed by atoms with van der Waals surface area (Å²) in [5.41, 5.74) is 2.50. The smallest absolute Gasteiger partial charge is 0.270 e. The van der Waals surface area contributed by atoms with E-state index >= 15 is 0 Å². The van der Waals surface area contributed by atoms with E-state index in [1.165, 1.54) is 30.7 Å². The maximum absolute atomic E-state index is 10.6. The molecule has 0 unspecified atom stereocenters. The van der Waals surface area contributed by atoms with Crippen molar-refractivity contribution < 1.29 is 10.0 Å². The van der Waals surface area contributed by atoms with E-state index in [1.807, 2.05) is 0 Å². The average Bonchev–Trinajstić information content (AvgIpc) is 2.77. The molecule has 10 nitrogen and oxygen atoms in total. The average molecular weight is 263 g/mol. The van der Waals surface area contributed by atoms with Crippen LogP contribution in [0.5, 0.6) is 5.75 Å². The highest BCUT2D eigenvalue weighted by Gasteiger charge is 2.08. The van der Waals surface area contributed by atoms with Crippen LogP contribution in [0.2, 0.25) is 0 Å². The molecule has 0 aliphatic rings. The van der Waals surface area contributed by atoms with Crippen LogP contribution in [0.1, 0.15) is 5.56 Å². The Hall–Kier alpha value is -3.17. The SMILES string of the molecule is Nn1cnnc1NN=Cc1cc([N+](=O)[O-])ccc1O. The Kier molecular flexibility index (Phi) is 3.23. The zero-order chi connectivity index (χ0) is 13.8. The molecular formula is C9H9N7O3. The van der Waals surface area contributed by atoms with Crippen LogP contribution in [0.3, 0.4) is 0 Å². The first kappa shape index (κ1) is 12.3. The van der Waals surface area contributed by atoms with Gasteiger partial charge in [-0.25, -0.2) is 10.1 Å². The summed E-state index contributed by atoms with van der Waals surface area (Å²) in [5.74, 6) is 5.48. The highest BCUT2D eigenvalue weighted by atomic mass is 16.6. The van der Waals surface area contributed by atoms with Crippen LogP contribution in [0, 0.1) is 10.1 Å². The van der Waals surface area contributed by atoms with Crippen molar-refractivity contribution in [1.29, 1.82) is 0 Å². The van der Waals surface area contributed by atoms with Gasteiger partial charge in [-0.15, -0.1) is 10.2 Å². The first-order chi connectivity index (χ1) is 9.08. The van der Waals surface area contributed by atoms with Crippen LogP contribution in [-0.2, 0) is 0 Å². The second-order valence-corrected chi connectivity index (χ2v) is 3.43. The Bertz CT molecular complexity index is 636. The fraction of sp³-hybridized carbons (Fsp3) is 0. The molecule has 0 atom stereocenters. The lowest BCUT2D eigenvalue weighted by Gasteiger charge is -2.00. The number of hydrazone groups is 1. The number of rotatable bonds is 4. The number of aromatic hydroxyl groups is 1. The van der Waals surface area contributed by atoms with Crippen LogP contribution in [0.15, 0.2) is 29.6 Å². The topological polar surface area (TPSA) is 144 Å². The van der Waals surface area contributed by atoms with Crippen LogP contribution < -0.4 is 11.3 Å². The number of nitrogens with one attached hydrogen (secondary N) is 1. The van der Waals surface area contributed by atoms with Crippen molar-refractivity contribution in [3.8, 4) is 5.75 Å². The molecule has 0 fully saturated rings. The number of phenolic OH excluding ortho intramolecular Hbond substituents is 1. The number of nitrogen functional groups attached to an aromatic ring is 1. The van der Waals surface area contributed by atoms with Gasteiger partial charge in [0.15, 0.2) is 0 Å². The number of nitrogens with two attached hydrogens (primary N) is 1. The molecule has 2 rings (SSSR count). The van der Waals surface area contributed by atoms with Gasteiger partial charge in [0.25, 0.3) is 11.6 Å². The molecular weight excluding hydrogens is 254 g/mol. The van der Waals surface area contributed by atoms with E-state index in [9.17, 15) is 15.2 Å². The number of phenols is 1. The first-order valence-electron chi connectivity index (χ1n) is 4.99. The molecule has 1 heterocycles. The zero-order valence-electron chi connectivity index (χ0n) is 9.46. The summed E-state index contributed by atoms with van der Waals surface area (Å²) in [7, 11) is 0. The molecule has 4 N–H and O–H groups in total. The van der Waals surface area contributed by atoms with Crippen molar-refractivity contribution in [2.45, 2.75) is 0 Å². The molecule has 0 radical (unpaired) electrons. The summed E-state index contributed by atoms with van der Waals surface area (Å²) in [4.78, 5) is 10.0. The quantitative estimate of drug-likeness (QED) is 0.306. The highest BCUT2D eigenvalue weighted by Crippen LogP contribution is 2.21. The zero-order valence-corrected chi connectivity index (χ0v) is 9.46. The third-order valence-electron chi connectivity index (χ3n) is 2.16. The summed E-state index contributed by atoms with van der Waals surface area (Å²) < 4.78 is 1.10. The van der Waals surface area contributed by atoms with E-state index in [-0.39, 0.29) is 22.9 Å². The van der Waals surface area contributed by atoms with Gasteiger partial charge in [0.1, 0.15) is 12.1 Å². The normalized spacial score (nSPS) is 10.7. The third-order valence-corrected chi connectivity index (χ3v) is 2.16. The van der Waals surface area contributed by atoms with E-state index in [2.05, 4.69) is 20.7 Å². The van der Waals surface area contributed by atoms with Gasteiger partial charge >= 0.3 is 0 Å². The molecule has 0 bridgehead atoms. The lowest BCUT2D eigenvalue weighted by molar-refractivity contribution is -0.384. The van der Waals surface area contributed by atoms with Gasteiger partial charge in [0.2, 0.25) is 0 Å². The molecule has 0 spiro atoms. The fourth-order valence-electron chi connectivity index (χ4n) is 1.24. The molecule has 0 aliphatic carbocycles. The van der Waals surface area contributed by atoms with Crippen molar-refractivity contribution in [1.82, 2.24) is 14.9 Å².